The summed E-state index contributed by atoms with van der Waals surface area (Å²) in [7, 11) is 0. The summed E-state index contributed by atoms with van der Waals surface area (Å²) in [6, 6.07) is 14.3. The van der Waals surface area contributed by atoms with Crippen LogP contribution in [-0.4, -0.2) is 11.0 Å². The molecular formula is C16H13FN2O2. The van der Waals surface area contributed by atoms with Crippen molar-refractivity contribution in [3.63, 3.8) is 0 Å². The van der Waals surface area contributed by atoms with E-state index in [1.54, 1.807) is 30.3 Å². The molecule has 2 rings (SSSR count). The van der Waals surface area contributed by atoms with Crippen molar-refractivity contribution >= 4 is 5.91 Å². The lowest BCUT2D eigenvalue weighted by Gasteiger charge is -2.12. The first-order valence-electron chi connectivity index (χ1n) is 6.31. The molecule has 2 aromatic rings. The van der Waals surface area contributed by atoms with Gasteiger partial charge in [0.1, 0.15) is 5.82 Å². The van der Waals surface area contributed by atoms with E-state index in [4.69, 9.17) is 5.26 Å². The predicted molar refractivity (Wildman–Crippen MR) is 74.4 cm³/mol. The number of hydrogen-bond donors (Lipinski definition) is 2. The average Bonchev–Trinajstić information content (AvgIpc) is 2.53. The minimum atomic E-state index is -1.30. The third kappa shape index (κ3) is 3.65. The van der Waals surface area contributed by atoms with Gasteiger partial charge in [-0.05, 0) is 17.7 Å². The van der Waals surface area contributed by atoms with E-state index in [1.165, 1.54) is 12.1 Å². The van der Waals surface area contributed by atoms with Crippen molar-refractivity contribution in [3.05, 3.63) is 71.0 Å². The molecule has 4 nitrogen and oxygen atoms in total. The predicted octanol–water partition coefficient (Wildman–Crippen LogP) is 2.05. The van der Waals surface area contributed by atoms with Crippen LogP contribution in [0.5, 0.6) is 0 Å². The van der Waals surface area contributed by atoms with Crippen molar-refractivity contribution in [2.24, 2.45) is 0 Å². The van der Waals surface area contributed by atoms with Gasteiger partial charge >= 0.3 is 0 Å². The van der Waals surface area contributed by atoms with E-state index in [-0.39, 0.29) is 17.7 Å². The molecule has 0 bridgehead atoms. The van der Waals surface area contributed by atoms with Crippen molar-refractivity contribution in [1.82, 2.24) is 5.32 Å². The molecular weight excluding hydrogens is 271 g/mol. The molecule has 0 aromatic heterocycles. The molecule has 0 saturated carbocycles. The van der Waals surface area contributed by atoms with Gasteiger partial charge in [-0.1, -0.05) is 36.4 Å². The summed E-state index contributed by atoms with van der Waals surface area (Å²) in [5.41, 5.74) is 0.935. The van der Waals surface area contributed by atoms with Gasteiger partial charge < -0.3 is 10.4 Å². The molecule has 1 amide bonds. The molecule has 0 radical (unpaired) electrons. The lowest BCUT2D eigenvalue weighted by molar-refractivity contribution is -0.129. The number of nitrogens with one attached hydrogen (secondary N) is 1. The molecule has 2 aromatic carbocycles. The van der Waals surface area contributed by atoms with Gasteiger partial charge in [0.05, 0.1) is 11.6 Å². The molecule has 106 valence electrons. The second kappa shape index (κ2) is 6.64. The summed E-state index contributed by atoms with van der Waals surface area (Å²) in [5.74, 6) is -1.17. The highest BCUT2D eigenvalue weighted by molar-refractivity contribution is 5.81. The molecule has 1 unspecified atom stereocenters. The van der Waals surface area contributed by atoms with Gasteiger partial charge in [0.2, 0.25) is 0 Å². The molecule has 0 fully saturated rings. The zero-order valence-electron chi connectivity index (χ0n) is 11.1. The smallest absolute Gasteiger partial charge is 0.253 e. The first-order chi connectivity index (χ1) is 10.1. The topological polar surface area (TPSA) is 73.1 Å². The van der Waals surface area contributed by atoms with Crippen molar-refractivity contribution < 1.29 is 14.3 Å². The van der Waals surface area contributed by atoms with Crippen LogP contribution in [0.4, 0.5) is 4.39 Å². The fourth-order valence-corrected chi connectivity index (χ4v) is 1.83. The summed E-state index contributed by atoms with van der Waals surface area (Å²) >= 11 is 0. The Hall–Kier alpha value is -2.71. The van der Waals surface area contributed by atoms with E-state index in [0.29, 0.717) is 5.56 Å². The normalized spacial score (nSPS) is 11.5. The van der Waals surface area contributed by atoms with Crippen LogP contribution in [0.1, 0.15) is 22.8 Å². The van der Waals surface area contributed by atoms with Gasteiger partial charge in [-0.3, -0.25) is 4.79 Å². The second-order valence-corrected chi connectivity index (χ2v) is 4.45. The van der Waals surface area contributed by atoms with Crippen molar-refractivity contribution in [2.45, 2.75) is 12.6 Å². The van der Waals surface area contributed by atoms with Crippen LogP contribution < -0.4 is 5.32 Å². The maximum atomic E-state index is 13.6. The Bertz CT molecular complexity index is 680. The molecule has 0 aliphatic heterocycles. The number of carbonyl (C=O) groups excluding carboxylic acids is 1. The maximum Gasteiger partial charge on any atom is 0.253 e. The van der Waals surface area contributed by atoms with E-state index in [0.717, 1.165) is 6.07 Å². The fourth-order valence-electron chi connectivity index (χ4n) is 1.83. The van der Waals surface area contributed by atoms with Gasteiger partial charge in [0, 0.05) is 12.1 Å². The lowest BCUT2D eigenvalue weighted by Crippen LogP contribution is -2.29. The van der Waals surface area contributed by atoms with Crippen molar-refractivity contribution in [2.75, 3.05) is 0 Å². The highest BCUT2D eigenvalue weighted by Crippen LogP contribution is 2.13. The molecule has 0 spiro atoms. The van der Waals surface area contributed by atoms with Crippen molar-refractivity contribution in [3.8, 4) is 6.07 Å². The summed E-state index contributed by atoms with van der Waals surface area (Å²) in [5, 5.41) is 21.0. The van der Waals surface area contributed by atoms with Crippen LogP contribution in [-0.2, 0) is 11.3 Å². The Morgan fingerprint density at radius 1 is 1.29 bits per heavy atom. The number of aliphatic hydroxyl groups excluding tert-OH is 1. The molecule has 0 saturated heterocycles. The number of nitrogens with zero attached hydrogens (tertiary/aromatic N) is 1. The highest BCUT2D eigenvalue weighted by Gasteiger charge is 2.17. The number of hydrogen-bond acceptors (Lipinski definition) is 3. The van der Waals surface area contributed by atoms with E-state index >= 15 is 0 Å². The third-order valence-corrected chi connectivity index (χ3v) is 3.00. The Morgan fingerprint density at radius 2 is 2.00 bits per heavy atom. The van der Waals surface area contributed by atoms with E-state index in [2.05, 4.69) is 5.32 Å². The van der Waals surface area contributed by atoms with Gasteiger partial charge in [0.15, 0.2) is 6.10 Å². The number of halogens is 1. The number of rotatable bonds is 4. The molecule has 1 atom stereocenters. The number of nitriles is 1. The number of amides is 1. The average molecular weight is 284 g/mol. The first kappa shape index (κ1) is 14.7. The summed E-state index contributed by atoms with van der Waals surface area (Å²) < 4.78 is 13.6. The minimum Gasteiger partial charge on any atom is -0.378 e. The summed E-state index contributed by atoms with van der Waals surface area (Å²) in [4.78, 5) is 11.8. The zero-order valence-corrected chi connectivity index (χ0v) is 11.1. The van der Waals surface area contributed by atoms with Crippen molar-refractivity contribution in [1.29, 1.82) is 5.26 Å². The van der Waals surface area contributed by atoms with Crippen LogP contribution in [0.2, 0.25) is 0 Å². The maximum absolute atomic E-state index is 13.6. The van der Waals surface area contributed by atoms with E-state index < -0.39 is 17.8 Å². The molecule has 5 heteroatoms. The Labute approximate surface area is 121 Å². The Morgan fingerprint density at radius 3 is 2.62 bits per heavy atom. The van der Waals surface area contributed by atoms with Gasteiger partial charge in [-0.2, -0.15) is 5.26 Å². The second-order valence-electron chi connectivity index (χ2n) is 4.45. The molecule has 0 aliphatic rings. The molecule has 21 heavy (non-hydrogen) atoms. The van der Waals surface area contributed by atoms with Crippen LogP contribution in [0.3, 0.4) is 0 Å². The zero-order chi connectivity index (χ0) is 15.2. The van der Waals surface area contributed by atoms with Gasteiger partial charge in [0.25, 0.3) is 5.91 Å². The quantitative estimate of drug-likeness (QED) is 0.902. The fraction of sp³-hybridized carbons (Fsp3) is 0.125. The third-order valence-electron chi connectivity index (χ3n) is 3.00. The molecule has 2 N–H and O–H groups in total. The van der Waals surface area contributed by atoms with E-state index in [9.17, 15) is 14.3 Å². The summed E-state index contributed by atoms with van der Waals surface area (Å²) in [6.45, 7) is -0.0553. The number of carbonyl (C=O) groups is 1. The van der Waals surface area contributed by atoms with E-state index in [1.807, 2.05) is 6.07 Å². The standard InChI is InChI=1S/C16H13FN2O2/c17-14-8-11(9-18)6-7-13(14)10-19-16(21)15(20)12-4-2-1-3-5-12/h1-8,15,20H,10H2,(H,19,21). The Kier molecular flexibility index (Phi) is 4.64. The highest BCUT2D eigenvalue weighted by atomic mass is 19.1. The first-order valence-corrected chi connectivity index (χ1v) is 6.31. The largest absolute Gasteiger partial charge is 0.378 e. The lowest BCUT2D eigenvalue weighted by atomic mass is 10.1. The monoisotopic (exact) mass is 284 g/mol. The van der Waals surface area contributed by atoms with Crippen LogP contribution in [0.15, 0.2) is 48.5 Å². The number of benzene rings is 2. The molecule has 0 aliphatic carbocycles. The SMILES string of the molecule is N#Cc1ccc(CNC(=O)C(O)c2ccccc2)c(F)c1. The summed E-state index contributed by atoms with van der Waals surface area (Å²) in [6.07, 6.45) is -1.30. The minimum absolute atomic E-state index is 0.0553. The molecule has 0 heterocycles. The van der Waals surface area contributed by atoms with Gasteiger partial charge in [-0.15, -0.1) is 0 Å². The number of aliphatic hydroxyl groups is 1. The van der Waals surface area contributed by atoms with Crippen LogP contribution >= 0.6 is 0 Å². The van der Waals surface area contributed by atoms with Gasteiger partial charge in [-0.25, -0.2) is 4.39 Å². The van der Waals surface area contributed by atoms with Crippen LogP contribution in [0, 0.1) is 17.1 Å². The van der Waals surface area contributed by atoms with Crippen LogP contribution in [0.25, 0.3) is 0 Å². The Balaban J connectivity index is 2.00.